The number of halogens is 1. The zero-order valence-corrected chi connectivity index (χ0v) is 12.7. The van der Waals surface area contributed by atoms with Crippen LogP contribution in [0.4, 0.5) is 10.1 Å². The molecule has 2 N–H and O–H groups in total. The number of aryl methyl sites for hydroxylation is 1. The van der Waals surface area contributed by atoms with E-state index in [0.717, 1.165) is 5.56 Å². The Labute approximate surface area is 124 Å². The number of hydrogen-bond acceptors (Lipinski definition) is 3. The molecule has 0 atom stereocenters. The van der Waals surface area contributed by atoms with Crippen LogP contribution in [0, 0.1) is 12.7 Å². The average molecular weight is 308 g/mol. The molecule has 0 aliphatic rings. The van der Waals surface area contributed by atoms with E-state index < -0.39 is 10.0 Å². The van der Waals surface area contributed by atoms with Crippen LogP contribution in [0.1, 0.15) is 11.1 Å². The normalized spacial score (nSPS) is 11.4. The van der Waals surface area contributed by atoms with Gasteiger partial charge in [-0.1, -0.05) is 12.1 Å². The fraction of sp³-hybridized carbons (Fsp3) is 0.200. The Morgan fingerprint density at radius 1 is 1.14 bits per heavy atom. The van der Waals surface area contributed by atoms with Crippen LogP contribution in [0.2, 0.25) is 0 Å². The predicted octanol–water partition coefficient (Wildman–Crippen LogP) is 2.65. The van der Waals surface area contributed by atoms with Crippen molar-refractivity contribution in [1.29, 1.82) is 0 Å². The van der Waals surface area contributed by atoms with Crippen LogP contribution < -0.4 is 10.0 Å². The van der Waals surface area contributed by atoms with Gasteiger partial charge in [-0.3, -0.25) is 4.72 Å². The number of benzene rings is 2. The second kappa shape index (κ2) is 6.24. The number of hydrogen-bond donors (Lipinski definition) is 2. The molecule has 0 aliphatic carbocycles. The molecule has 0 radical (unpaired) electrons. The van der Waals surface area contributed by atoms with Crippen LogP contribution in [0.25, 0.3) is 0 Å². The highest BCUT2D eigenvalue weighted by Crippen LogP contribution is 2.19. The molecule has 4 nitrogen and oxygen atoms in total. The molecule has 0 unspecified atom stereocenters. The second-order valence-corrected chi connectivity index (χ2v) is 6.43. The lowest BCUT2D eigenvalue weighted by Crippen LogP contribution is -2.14. The molecule has 2 rings (SSSR count). The topological polar surface area (TPSA) is 58.2 Å². The van der Waals surface area contributed by atoms with E-state index in [1.54, 1.807) is 26.1 Å². The van der Waals surface area contributed by atoms with Gasteiger partial charge in [0.2, 0.25) is 0 Å². The lowest BCUT2D eigenvalue weighted by Gasteiger charge is -2.10. The van der Waals surface area contributed by atoms with E-state index in [9.17, 15) is 12.8 Å². The summed E-state index contributed by atoms with van der Waals surface area (Å²) in [6, 6.07) is 10.8. The van der Waals surface area contributed by atoms with Gasteiger partial charge in [0.05, 0.1) is 4.90 Å². The molecule has 6 heteroatoms. The molecule has 0 heterocycles. The smallest absolute Gasteiger partial charge is 0.261 e. The summed E-state index contributed by atoms with van der Waals surface area (Å²) in [5.41, 5.74) is 1.60. The molecule has 0 saturated carbocycles. The molecule has 0 bridgehead atoms. The third-order valence-electron chi connectivity index (χ3n) is 3.00. The van der Waals surface area contributed by atoms with Crippen LogP contribution >= 0.6 is 0 Å². The maximum absolute atomic E-state index is 13.2. The molecule has 0 aromatic heterocycles. The summed E-state index contributed by atoms with van der Waals surface area (Å²) in [6.07, 6.45) is 0. The van der Waals surface area contributed by atoms with Gasteiger partial charge in [-0.25, -0.2) is 12.8 Å². The zero-order chi connectivity index (χ0) is 15.5. The van der Waals surface area contributed by atoms with Crippen molar-refractivity contribution >= 4 is 15.7 Å². The summed E-state index contributed by atoms with van der Waals surface area (Å²) in [6.45, 7) is 2.17. The number of anilines is 1. The zero-order valence-electron chi connectivity index (χ0n) is 11.9. The van der Waals surface area contributed by atoms with E-state index in [2.05, 4.69) is 10.0 Å². The molecule has 0 spiro atoms. The van der Waals surface area contributed by atoms with Gasteiger partial charge in [0, 0.05) is 12.2 Å². The van der Waals surface area contributed by atoms with E-state index >= 15 is 0 Å². The van der Waals surface area contributed by atoms with E-state index in [-0.39, 0.29) is 10.7 Å². The predicted molar refractivity (Wildman–Crippen MR) is 81.2 cm³/mol. The highest BCUT2D eigenvalue weighted by Gasteiger charge is 2.15. The molecule has 0 fully saturated rings. The third kappa shape index (κ3) is 3.80. The first-order chi connectivity index (χ1) is 9.92. The number of sulfonamides is 1. The van der Waals surface area contributed by atoms with Gasteiger partial charge < -0.3 is 5.32 Å². The maximum Gasteiger partial charge on any atom is 0.261 e. The Balaban J connectivity index is 2.29. The summed E-state index contributed by atoms with van der Waals surface area (Å²) in [5, 5.41) is 2.97. The quantitative estimate of drug-likeness (QED) is 0.893. The molecule has 0 saturated heterocycles. The van der Waals surface area contributed by atoms with Gasteiger partial charge in [-0.15, -0.1) is 0 Å². The second-order valence-electron chi connectivity index (χ2n) is 4.75. The Kier molecular flexibility index (Phi) is 4.59. The summed E-state index contributed by atoms with van der Waals surface area (Å²) < 4.78 is 40.3. The van der Waals surface area contributed by atoms with Crippen molar-refractivity contribution < 1.29 is 12.8 Å². The van der Waals surface area contributed by atoms with Gasteiger partial charge in [0.15, 0.2) is 0 Å². The lowest BCUT2D eigenvalue weighted by molar-refractivity contribution is 0.600. The van der Waals surface area contributed by atoms with Crippen molar-refractivity contribution in [2.24, 2.45) is 0 Å². The molecule has 0 aliphatic heterocycles. The van der Waals surface area contributed by atoms with Crippen molar-refractivity contribution in [1.82, 2.24) is 5.32 Å². The minimum absolute atomic E-state index is 0.178. The fourth-order valence-electron chi connectivity index (χ4n) is 1.95. The van der Waals surface area contributed by atoms with Gasteiger partial charge in [-0.05, 0) is 55.4 Å². The van der Waals surface area contributed by atoms with Crippen molar-refractivity contribution in [3.63, 3.8) is 0 Å². The maximum atomic E-state index is 13.2. The molecular weight excluding hydrogens is 291 g/mol. The molecule has 2 aromatic carbocycles. The average Bonchev–Trinajstić information content (AvgIpc) is 2.43. The Morgan fingerprint density at radius 2 is 1.90 bits per heavy atom. The van der Waals surface area contributed by atoms with Crippen molar-refractivity contribution in [2.45, 2.75) is 18.4 Å². The first-order valence-electron chi connectivity index (χ1n) is 6.45. The van der Waals surface area contributed by atoms with Crippen LogP contribution in [-0.4, -0.2) is 15.5 Å². The van der Waals surface area contributed by atoms with E-state index in [1.807, 2.05) is 6.07 Å². The number of nitrogens with one attached hydrogen (secondary N) is 2. The van der Waals surface area contributed by atoms with Gasteiger partial charge in [0.1, 0.15) is 5.82 Å². The minimum atomic E-state index is -3.68. The summed E-state index contributed by atoms with van der Waals surface area (Å²) in [7, 11) is -1.89. The van der Waals surface area contributed by atoms with Crippen LogP contribution in [-0.2, 0) is 16.6 Å². The highest BCUT2D eigenvalue weighted by molar-refractivity contribution is 7.92. The molecule has 0 amide bonds. The molecule has 2 aromatic rings. The van der Waals surface area contributed by atoms with Crippen molar-refractivity contribution in [3.8, 4) is 0 Å². The Hall–Kier alpha value is -1.92. The Morgan fingerprint density at radius 3 is 2.57 bits per heavy atom. The van der Waals surface area contributed by atoms with Crippen molar-refractivity contribution in [3.05, 3.63) is 59.4 Å². The molecule has 112 valence electrons. The van der Waals surface area contributed by atoms with Gasteiger partial charge in [-0.2, -0.15) is 0 Å². The van der Waals surface area contributed by atoms with Crippen LogP contribution in [0.5, 0.6) is 0 Å². The lowest BCUT2D eigenvalue weighted by atomic mass is 10.2. The van der Waals surface area contributed by atoms with Gasteiger partial charge in [0.25, 0.3) is 10.0 Å². The SMILES string of the molecule is CNCc1cccc(S(=O)(=O)Nc2ccc(F)c(C)c2)c1. The first-order valence-corrected chi connectivity index (χ1v) is 7.93. The minimum Gasteiger partial charge on any atom is -0.316 e. The third-order valence-corrected chi connectivity index (χ3v) is 4.38. The standard InChI is InChI=1S/C15H17FN2O2S/c1-11-8-13(6-7-15(11)16)18-21(19,20)14-5-3-4-12(9-14)10-17-2/h3-9,17-18H,10H2,1-2H3. The summed E-state index contributed by atoms with van der Waals surface area (Å²) >= 11 is 0. The van der Waals surface area contributed by atoms with E-state index in [1.165, 1.54) is 24.3 Å². The van der Waals surface area contributed by atoms with Crippen LogP contribution in [0.15, 0.2) is 47.4 Å². The Bertz CT molecular complexity index is 745. The number of rotatable bonds is 5. The van der Waals surface area contributed by atoms with Crippen LogP contribution in [0.3, 0.4) is 0 Å². The summed E-state index contributed by atoms with van der Waals surface area (Å²) in [4.78, 5) is 0.178. The largest absolute Gasteiger partial charge is 0.316 e. The van der Waals surface area contributed by atoms with E-state index in [0.29, 0.717) is 17.8 Å². The monoisotopic (exact) mass is 308 g/mol. The van der Waals surface area contributed by atoms with E-state index in [4.69, 9.17) is 0 Å². The summed E-state index contributed by atoms with van der Waals surface area (Å²) in [5.74, 6) is -0.367. The van der Waals surface area contributed by atoms with Crippen molar-refractivity contribution in [2.75, 3.05) is 11.8 Å². The molecular formula is C15H17FN2O2S. The molecule has 21 heavy (non-hydrogen) atoms. The first kappa shape index (κ1) is 15.5. The highest BCUT2D eigenvalue weighted by atomic mass is 32.2. The fourth-order valence-corrected chi connectivity index (χ4v) is 3.07. The van der Waals surface area contributed by atoms with Gasteiger partial charge >= 0.3 is 0 Å².